The number of pyridine rings is 1. The number of nitrogens with one attached hydrogen (secondary N) is 1. The second-order valence-corrected chi connectivity index (χ2v) is 1.71. The van der Waals surface area contributed by atoms with E-state index in [9.17, 15) is 0 Å². The van der Waals surface area contributed by atoms with Crippen LogP contribution in [0.25, 0.3) is 11.2 Å². The van der Waals surface area contributed by atoms with Crippen LogP contribution in [0.1, 0.15) is 1.37 Å². The molecular formula is C6H5N3. The van der Waals surface area contributed by atoms with Crippen molar-refractivity contribution in [1.29, 1.82) is 0 Å². The maximum Gasteiger partial charge on any atom is 0.177 e. The van der Waals surface area contributed by atoms with Gasteiger partial charge in [-0.1, -0.05) is 0 Å². The number of fused-ring (bicyclic) bond motifs is 1. The third kappa shape index (κ3) is 0.579. The summed E-state index contributed by atoms with van der Waals surface area (Å²) in [6.45, 7) is 0. The van der Waals surface area contributed by atoms with Crippen LogP contribution in [0, 0.1) is 0 Å². The minimum atomic E-state index is 0.250. The van der Waals surface area contributed by atoms with Gasteiger partial charge in [0, 0.05) is 6.17 Å². The van der Waals surface area contributed by atoms with Gasteiger partial charge < -0.3 is 4.98 Å². The van der Waals surface area contributed by atoms with Crippen molar-refractivity contribution < 1.29 is 1.37 Å². The summed E-state index contributed by atoms with van der Waals surface area (Å²) in [5.41, 5.74) is 1.48. The van der Waals surface area contributed by atoms with Crippen molar-refractivity contribution in [2.75, 3.05) is 0 Å². The summed E-state index contributed by atoms with van der Waals surface area (Å²) < 4.78 is 7.15. The summed E-state index contributed by atoms with van der Waals surface area (Å²) in [5.74, 6) is 0. The Morgan fingerprint density at radius 3 is 3.56 bits per heavy atom. The van der Waals surface area contributed by atoms with E-state index >= 15 is 0 Å². The number of hydrogen-bond donors (Lipinski definition) is 1. The topological polar surface area (TPSA) is 41.6 Å². The molecule has 0 amide bonds. The number of aromatic nitrogens is 3. The SMILES string of the molecule is [2H]c1ccc2[nH]cnc2n1. The van der Waals surface area contributed by atoms with Crippen LogP contribution in [0.4, 0.5) is 0 Å². The number of H-pyrrole nitrogens is 1. The smallest absolute Gasteiger partial charge is 0.177 e. The molecule has 0 aliphatic carbocycles. The van der Waals surface area contributed by atoms with Gasteiger partial charge in [-0.3, -0.25) is 0 Å². The van der Waals surface area contributed by atoms with Gasteiger partial charge in [-0.05, 0) is 12.1 Å². The molecule has 0 unspecified atom stereocenters. The van der Waals surface area contributed by atoms with Crippen LogP contribution in [0.5, 0.6) is 0 Å². The summed E-state index contributed by atoms with van der Waals surface area (Å²) in [5, 5.41) is 0. The van der Waals surface area contributed by atoms with Crippen LogP contribution in [0.3, 0.4) is 0 Å². The molecule has 0 saturated heterocycles. The fraction of sp³-hybridized carbons (Fsp3) is 0. The molecule has 1 N–H and O–H groups in total. The fourth-order valence-electron chi connectivity index (χ4n) is 0.728. The fourth-order valence-corrected chi connectivity index (χ4v) is 0.728. The van der Waals surface area contributed by atoms with Crippen LogP contribution in [0.15, 0.2) is 24.6 Å². The third-order valence-corrected chi connectivity index (χ3v) is 1.14. The van der Waals surface area contributed by atoms with Crippen LogP contribution < -0.4 is 0 Å². The maximum absolute atomic E-state index is 7.15. The quantitative estimate of drug-likeness (QED) is 0.562. The van der Waals surface area contributed by atoms with Crippen molar-refractivity contribution >= 4 is 11.2 Å². The molecule has 0 atom stereocenters. The van der Waals surface area contributed by atoms with Crippen molar-refractivity contribution in [3.8, 4) is 0 Å². The monoisotopic (exact) mass is 120 g/mol. The zero-order valence-electron chi connectivity index (χ0n) is 5.63. The summed E-state index contributed by atoms with van der Waals surface area (Å²) in [7, 11) is 0. The number of rotatable bonds is 0. The number of nitrogens with zero attached hydrogens (tertiary/aromatic N) is 2. The molecule has 3 heteroatoms. The first kappa shape index (κ1) is 3.61. The van der Waals surface area contributed by atoms with E-state index in [0.29, 0.717) is 5.65 Å². The standard InChI is InChI=1S/C6H5N3/c1-2-5-6(7-3-1)9-4-8-5/h1-4H,(H,7,8,9)/i3D. The molecule has 2 heterocycles. The average molecular weight is 120 g/mol. The van der Waals surface area contributed by atoms with Gasteiger partial charge in [-0.2, -0.15) is 0 Å². The van der Waals surface area contributed by atoms with E-state index in [0.717, 1.165) is 5.52 Å². The molecule has 0 aliphatic rings. The van der Waals surface area contributed by atoms with Gasteiger partial charge in [-0.15, -0.1) is 0 Å². The molecule has 0 fully saturated rings. The van der Waals surface area contributed by atoms with E-state index in [1.165, 1.54) is 0 Å². The highest BCUT2D eigenvalue weighted by Crippen LogP contribution is 2.01. The van der Waals surface area contributed by atoms with Gasteiger partial charge in [-0.25, -0.2) is 9.97 Å². The summed E-state index contributed by atoms with van der Waals surface area (Å²) >= 11 is 0. The summed E-state index contributed by atoms with van der Waals surface area (Å²) in [6.07, 6.45) is 1.82. The zero-order chi connectivity index (χ0) is 6.97. The van der Waals surface area contributed by atoms with Gasteiger partial charge >= 0.3 is 0 Å². The molecule has 0 radical (unpaired) electrons. The number of imidazole rings is 1. The van der Waals surface area contributed by atoms with Crippen LogP contribution >= 0.6 is 0 Å². The Bertz CT molecular complexity index is 355. The van der Waals surface area contributed by atoms with E-state index in [-0.39, 0.29) is 6.17 Å². The van der Waals surface area contributed by atoms with Crippen LogP contribution in [0.2, 0.25) is 0 Å². The molecule has 0 aromatic carbocycles. The van der Waals surface area contributed by atoms with E-state index in [2.05, 4.69) is 15.0 Å². The lowest BCUT2D eigenvalue weighted by molar-refractivity contribution is 1.30. The van der Waals surface area contributed by atoms with E-state index in [4.69, 9.17) is 1.37 Å². The lowest BCUT2D eigenvalue weighted by Gasteiger charge is -1.80. The van der Waals surface area contributed by atoms with Crippen molar-refractivity contribution in [3.63, 3.8) is 0 Å². The van der Waals surface area contributed by atoms with E-state index in [1.807, 2.05) is 0 Å². The van der Waals surface area contributed by atoms with Crippen molar-refractivity contribution in [2.24, 2.45) is 0 Å². The average Bonchev–Trinajstić information content (AvgIpc) is 2.33. The largest absolute Gasteiger partial charge is 0.343 e. The van der Waals surface area contributed by atoms with Gasteiger partial charge in [0.2, 0.25) is 0 Å². The van der Waals surface area contributed by atoms with Gasteiger partial charge in [0.25, 0.3) is 0 Å². The Labute approximate surface area is 53.2 Å². The molecular weight excluding hydrogens is 114 g/mol. The molecule has 2 rings (SSSR count). The Balaban J connectivity index is 2.86. The van der Waals surface area contributed by atoms with Gasteiger partial charge in [0.05, 0.1) is 13.2 Å². The van der Waals surface area contributed by atoms with Crippen LogP contribution in [-0.2, 0) is 0 Å². The minimum absolute atomic E-state index is 0.250. The molecule has 0 bridgehead atoms. The molecule has 2 aromatic rings. The molecule has 0 saturated carbocycles. The number of aromatic amines is 1. The highest BCUT2D eigenvalue weighted by molar-refractivity contribution is 5.68. The summed E-state index contributed by atoms with van der Waals surface area (Å²) in [4.78, 5) is 10.6. The molecule has 9 heavy (non-hydrogen) atoms. The highest BCUT2D eigenvalue weighted by atomic mass is 14.9. The molecule has 0 aliphatic heterocycles. The zero-order valence-corrected chi connectivity index (χ0v) is 4.63. The minimum Gasteiger partial charge on any atom is -0.343 e. The number of hydrogen-bond acceptors (Lipinski definition) is 2. The van der Waals surface area contributed by atoms with Crippen molar-refractivity contribution in [2.45, 2.75) is 0 Å². The predicted molar refractivity (Wildman–Crippen MR) is 33.9 cm³/mol. The van der Waals surface area contributed by atoms with Gasteiger partial charge in [0.15, 0.2) is 5.65 Å². The third-order valence-electron chi connectivity index (χ3n) is 1.14. The molecule has 44 valence electrons. The highest BCUT2D eigenvalue weighted by Gasteiger charge is 1.90. The lowest BCUT2D eigenvalue weighted by Crippen LogP contribution is -1.71. The Morgan fingerprint density at radius 2 is 2.56 bits per heavy atom. The predicted octanol–water partition coefficient (Wildman–Crippen LogP) is 0.958. The Morgan fingerprint density at radius 1 is 1.56 bits per heavy atom. The summed E-state index contributed by atoms with van der Waals surface area (Å²) in [6, 6.07) is 3.41. The first-order valence-corrected chi connectivity index (χ1v) is 2.63. The van der Waals surface area contributed by atoms with Crippen molar-refractivity contribution in [1.82, 2.24) is 15.0 Å². The Kier molecular flexibility index (Phi) is 0.621. The molecule has 3 nitrogen and oxygen atoms in total. The Hall–Kier alpha value is -1.38. The van der Waals surface area contributed by atoms with Crippen LogP contribution in [-0.4, -0.2) is 15.0 Å². The van der Waals surface area contributed by atoms with E-state index < -0.39 is 0 Å². The van der Waals surface area contributed by atoms with Crippen molar-refractivity contribution in [3.05, 3.63) is 24.6 Å². The normalized spacial score (nSPS) is 11.8. The molecule has 0 spiro atoms. The lowest BCUT2D eigenvalue weighted by atomic mass is 10.4. The first-order chi connectivity index (χ1) is 4.86. The second-order valence-electron chi connectivity index (χ2n) is 1.71. The van der Waals surface area contributed by atoms with Gasteiger partial charge in [0.1, 0.15) is 0 Å². The van der Waals surface area contributed by atoms with E-state index in [1.54, 1.807) is 18.5 Å². The second kappa shape index (κ2) is 1.55. The maximum atomic E-state index is 7.15. The first-order valence-electron chi connectivity index (χ1n) is 3.13. The molecule has 2 aromatic heterocycles.